The highest BCUT2D eigenvalue weighted by atomic mass is 14.9. The first-order valence-corrected chi connectivity index (χ1v) is 6.47. The summed E-state index contributed by atoms with van der Waals surface area (Å²) in [5.41, 5.74) is 4.26. The van der Waals surface area contributed by atoms with Crippen LogP contribution in [-0.4, -0.2) is 4.57 Å². The zero-order valence-corrected chi connectivity index (χ0v) is 11.5. The first kappa shape index (κ1) is 11.3. The minimum absolute atomic E-state index is 0.168. The van der Waals surface area contributed by atoms with Crippen molar-refractivity contribution in [2.45, 2.75) is 26.2 Å². The zero-order valence-electron chi connectivity index (χ0n) is 11.5. The van der Waals surface area contributed by atoms with E-state index >= 15 is 0 Å². The van der Waals surface area contributed by atoms with Gasteiger partial charge >= 0.3 is 0 Å². The summed E-state index contributed by atoms with van der Waals surface area (Å²) in [6, 6.07) is 15.3. The van der Waals surface area contributed by atoms with E-state index in [2.05, 4.69) is 74.9 Å². The topological polar surface area (TPSA) is 4.93 Å². The minimum Gasteiger partial charge on any atom is -0.343 e. The van der Waals surface area contributed by atoms with Crippen LogP contribution in [0.1, 0.15) is 26.3 Å². The molecule has 3 aromatic rings. The predicted octanol–water partition coefficient (Wildman–Crippen LogP) is 4.63. The van der Waals surface area contributed by atoms with Crippen LogP contribution in [-0.2, 0) is 12.5 Å². The molecular weight excluding hydrogens is 218 g/mol. The number of fused-ring (bicyclic) bond motifs is 3. The molecule has 3 rings (SSSR count). The van der Waals surface area contributed by atoms with Crippen LogP contribution in [0.4, 0.5) is 0 Å². The molecule has 0 atom stereocenters. The van der Waals surface area contributed by atoms with E-state index in [-0.39, 0.29) is 5.41 Å². The lowest BCUT2D eigenvalue weighted by Gasteiger charge is -2.21. The Labute approximate surface area is 108 Å². The highest BCUT2D eigenvalue weighted by Crippen LogP contribution is 2.35. The average Bonchev–Trinajstić information content (AvgIpc) is 2.63. The summed E-state index contributed by atoms with van der Waals surface area (Å²) in [5, 5.41) is 2.71. The Bertz CT molecular complexity index is 726. The Hall–Kier alpha value is -1.76. The molecule has 1 heterocycles. The Morgan fingerprint density at radius 3 is 2.22 bits per heavy atom. The fraction of sp³-hybridized carbons (Fsp3) is 0.294. The van der Waals surface area contributed by atoms with Gasteiger partial charge in [0.1, 0.15) is 0 Å². The van der Waals surface area contributed by atoms with E-state index in [1.165, 1.54) is 27.4 Å². The Morgan fingerprint density at radius 1 is 0.833 bits per heavy atom. The summed E-state index contributed by atoms with van der Waals surface area (Å²) >= 11 is 0. The molecule has 1 aromatic heterocycles. The van der Waals surface area contributed by atoms with Crippen LogP contribution in [0.25, 0.3) is 21.8 Å². The monoisotopic (exact) mass is 237 g/mol. The van der Waals surface area contributed by atoms with Gasteiger partial charge in [0.2, 0.25) is 0 Å². The van der Waals surface area contributed by atoms with Crippen molar-refractivity contribution in [1.29, 1.82) is 0 Å². The van der Waals surface area contributed by atoms with Crippen molar-refractivity contribution in [2.24, 2.45) is 7.05 Å². The molecule has 0 radical (unpaired) electrons. The summed E-state index contributed by atoms with van der Waals surface area (Å²) in [7, 11) is 2.17. The van der Waals surface area contributed by atoms with Gasteiger partial charge in [-0.05, 0) is 17.0 Å². The van der Waals surface area contributed by atoms with E-state index in [9.17, 15) is 0 Å². The van der Waals surface area contributed by atoms with Crippen molar-refractivity contribution in [1.82, 2.24) is 4.57 Å². The lowest BCUT2D eigenvalue weighted by Crippen LogP contribution is -2.12. The smallest absolute Gasteiger partial charge is 0.0526 e. The number of aromatic nitrogens is 1. The molecule has 0 aliphatic carbocycles. The van der Waals surface area contributed by atoms with Gasteiger partial charge in [-0.3, -0.25) is 0 Å². The first-order valence-electron chi connectivity index (χ1n) is 6.47. The molecule has 1 nitrogen and oxygen atoms in total. The van der Waals surface area contributed by atoms with Crippen molar-refractivity contribution in [3.05, 3.63) is 48.0 Å². The molecule has 0 fully saturated rings. The number of rotatable bonds is 0. The third-order valence-electron chi connectivity index (χ3n) is 3.74. The van der Waals surface area contributed by atoms with Crippen LogP contribution in [0.5, 0.6) is 0 Å². The van der Waals surface area contributed by atoms with E-state index in [1.807, 2.05) is 0 Å². The predicted molar refractivity (Wildman–Crippen MR) is 79.1 cm³/mol. The highest BCUT2D eigenvalue weighted by Gasteiger charge is 2.20. The van der Waals surface area contributed by atoms with Crippen LogP contribution in [0.15, 0.2) is 42.5 Å². The Balaban J connectivity index is 2.56. The van der Waals surface area contributed by atoms with Gasteiger partial charge in [0, 0.05) is 23.3 Å². The number of nitrogens with zero attached hydrogens (tertiary/aromatic N) is 1. The summed E-state index contributed by atoms with van der Waals surface area (Å²) in [4.78, 5) is 0. The van der Waals surface area contributed by atoms with Crippen LogP contribution < -0.4 is 0 Å². The molecule has 0 unspecified atom stereocenters. The molecule has 0 saturated heterocycles. The third kappa shape index (κ3) is 1.47. The zero-order chi connectivity index (χ0) is 12.9. The van der Waals surface area contributed by atoms with Crippen LogP contribution in [0.3, 0.4) is 0 Å². The van der Waals surface area contributed by atoms with Gasteiger partial charge in [-0.1, -0.05) is 57.2 Å². The average molecular weight is 237 g/mol. The number of para-hydroxylation sites is 2. The van der Waals surface area contributed by atoms with Crippen molar-refractivity contribution in [3.63, 3.8) is 0 Å². The highest BCUT2D eigenvalue weighted by molar-refractivity contribution is 6.09. The standard InChI is InChI=1S/C17H19N/c1-17(2,3)14-10-7-9-13-12-8-5-6-11-15(12)18(4)16(13)14/h5-11H,1-4H3. The Kier molecular flexibility index (Phi) is 2.28. The lowest BCUT2D eigenvalue weighted by atomic mass is 9.85. The van der Waals surface area contributed by atoms with Gasteiger partial charge in [0.15, 0.2) is 0 Å². The molecule has 0 spiro atoms. The molecule has 0 N–H and O–H groups in total. The number of hydrogen-bond donors (Lipinski definition) is 0. The largest absolute Gasteiger partial charge is 0.343 e. The summed E-state index contributed by atoms with van der Waals surface area (Å²) in [5.74, 6) is 0. The van der Waals surface area contributed by atoms with Gasteiger partial charge in [-0.25, -0.2) is 0 Å². The Morgan fingerprint density at radius 2 is 1.50 bits per heavy atom. The molecule has 92 valence electrons. The normalized spacial score (nSPS) is 12.4. The SMILES string of the molecule is Cn1c2ccccc2c2cccc(C(C)(C)C)c21. The van der Waals surface area contributed by atoms with E-state index in [1.54, 1.807) is 0 Å². The van der Waals surface area contributed by atoms with Crippen molar-refractivity contribution in [3.8, 4) is 0 Å². The molecule has 18 heavy (non-hydrogen) atoms. The van der Waals surface area contributed by atoms with Crippen molar-refractivity contribution in [2.75, 3.05) is 0 Å². The van der Waals surface area contributed by atoms with Gasteiger partial charge < -0.3 is 4.57 Å². The lowest BCUT2D eigenvalue weighted by molar-refractivity contribution is 0.593. The summed E-state index contributed by atoms with van der Waals surface area (Å²) in [6.07, 6.45) is 0. The number of aryl methyl sites for hydroxylation is 1. The molecule has 0 aliphatic rings. The van der Waals surface area contributed by atoms with Crippen LogP contribution >= 0.6 is 0 Å². The van der Waals surface area contributed by atoms with E-state index in [0.29, 0.717) is 0 Å². The molecule has 0 amide bonds. The fourth-order valence-electron chi connectivity index (χ4n) is 2.84. The number of hydrogen-bond acceptors (Lipinski definition) is 0. The molecule has 0 aliphatic heterocycles. The van der Waals surface area contributed by atoms with Gasteiger partial charge in [-0.15, -0.1) is 0 Å². The van der Waals surface area contributed by atoms with Gasteiger partial charge in [0.05, 0.1) is 5.52 Å². The molecule has 2 aromatic carbocycles. The van der Waals surface area contributed by atoms with E-state index in [4.69, 9.17) is 0 Å². The van der Waals surface area contributed by atoms with Crippen molar-refractivity contribution < 1.29 is 0 Å². The summed E-state index contributed by atoms with van der Waals surface area (Å²) < 4.78 is 2.32. The van der Waals surface area contributed by atoms with E-state index in [0.717, 1.165) is 0 Å². The maximum absolute atomic E-state index is 2.32. The van der Waals surface area contributed by atoms with Gasteiger partial charge in [0.25, 0.3) is 0 Å². The fourth-order valence-corrected chi connectivity index (χ4v) is 2.84. The van der Waals surface area contributed by atoms with Crippen molar-refractivity contribution >= 4 is 21.8 Å². The molecule has 1 heteroatoms. The maximum atomic E-state index is 2.32. The summed E-state index contributed by atoms with van der Waals surface area (Å²) in [6.45, 7) is 6.83. The second-order valence-corrected chi connectivity index (χ2v) is 6.03. The quantitative estimate of drug-likeness (QED) is 0.537. The second kappa shape index (κ2) is 3.61. The maximum Gasteiger partial charge on any atom is 0.0526 e. The molecule has 0 saturated carbocycles. The second-order valence-electron chi connectivity index (χ2n) is 6.03. The van der Waals surface area contributed by atoms with E-state index < -0.39 is 0 Å². The van der Waals surface area contributed by atoms with Crippen LogP contribution in [0.2, 0.25) is 0 Å². The first-order chi connectivity index (χ1) is 8.50. The van der Waals surface area contributed by atoms with Crippen LogP contribution in [0, 0.1) is 0 Å². The molecule has 0 bridgehead atoms. The third-order valence-corrected chi connectivity index (χ3v) is 3.74. The molecular formula is C17H19N. The van der Waals surface area contributed by atoms with Gasteiger partial charge in [-0.2, -0.15) is 0 Å². The minimum atomic E-state index is 0.168. The number of benzene rings is 2.